The molecule has 3 aromatic rings. The molecule has 0 N–H and O–H groups in total. The Morgan fingerprint density at radius 2 is 1.75 bits per heavy atom. The van der Waals surface area contributed by atoms with E-state index in [2.05, 4.69) is 61.8 Å². The minimum atomic E-state index is 1.02. The van der Waals surface area contributed by atoms with E-state index >= 15 is 0 Å². The normalized spacial score (nSPS) is 11.3. The van der Waals surface area contributed by atoms with Gasteiger partial charge in [-0.2, -0.15) is 0 Å². The molecule has 1 aromatic heterocycles. The lowest BCUT2D eigenvalue weighted by atomic mass is 9.95. The molecule has 0 aliphatic rings. The number of fused-ring (bicyclic) bond motifs is 3. The third kappa shape index (κ3) is 1.19. The van der Waals surface area contributed by atoms with E-state index in [9.17, 15) is 0 Å². The Bertz CT molecular complexity index is 667. The fourth-order valence-corrected chi connectivity index (χ4v) is 2.50. The summed E-state index contributed by atoms with van der Waals surface area (Å²) in [5.74, 6) is 0. The fourth-order valence-electron chi connectivity index (χ4n) is 2.50. The predicted octanol–water partition coefficient (Wildman–Crippen LogP) is 2.07. The monoisotopic (exact) mass is 207 g/mol. The largest absolute Gasteiger partial charge is 0.341 e. The zero-order valence-corrected chi connectivity index (χ0v) is 9.70. The summed E-state index contributed by atoms with van der Waals surface area (Å²) in [5.41, 5.74) is 4.01. The van der Waals surface area contributed by atoms with Gasteiger partial charge in [-0.3, -0.25) is 0 Å². The van der Waals surface area contributed by atoms with Crippen LogP contribution < -0.4 is 5.46 Å². The number of rotatable bonds is 1. The van der Waals surface area contributed by atoms with Crippen LogP contribution in [0.5, 0.6) is 0 Å². The molecule has 1 heterocycles. The number of aryl methyl sites for hydroxylation is 1. The Morgan fingerprint density at radius 3 is 2.56 bits per heavy atom. The molecule has 0 amide bonds. The van der Waals surface area contributed by atoms with E-state index in [1.54, 1.807) is 0 Å². The van der Waals surface area contributed by atoms with Crippen molar-refractivity contribution >= 4 is 35.1 Å². The second-order valence-electron chi connectivity index (χ2n) is 4.28. The highest BCUT2D eigenvalue weighted by Crippen LogP contribution is 2.27. The molecule has 2 heteroatoms. The van der Waals surface area contributed by atoms with Crippen molar-refractivity contribution in [1.82, 2.24) is 4.57 Å². The zero-order chi connectivity index (χ0) is 11.1. The van der Waals surface area contributed by atoms with Crippen molar-refractivity contribution < 1.29 is 0 Å². The van der Waals surface area contributed by atoms with E-state index < -0.39 is 0 Å². The maximum atomic E-state index is 2.39. The summed E-state index contributed by atoms with van der Waals surface area (Å²) in [6.07, 6.45) is 0. The van der Waals surface area contributed by atoms with Gasteiger partial charge in [-0.15, -0.1) is 0 Å². The molecular formula is C14H14BN. The lowest BCUT2D eigenvalue weighted by molar-refractivity contribution is 0.827. The highest BCUT2D eigenvalue weighted by molar-refractivity contribution is 6.33. The third-order valence-electron chi connectivity index (χ3n) is 3.25. The van der Waals surface area contributed by atoms with Gasteiger partial charge in [0.15, 0.2) is 0 Å². The average Bonchev–Trinajstić information content (AvgIpc) is 2.61. The maximum Gasteiger partial charge on any atom is 0.139 e. The minimum absolute atomic E-state index is 1.02. The van der Waals surface area contributed by atoms with Crippen LogP contribution >= 0.6 is 0 Å². The van der Waals surface area contributed by atoms with Crippen LogP contribution in [0.25, 0.3) is 21.8 Å². The van der Waals surface area contributed by atoms with Gasteiger partial charge < -0.3 is 4.57 Å². The molecule has 16 heavy (non-hydrogen) atoms. The van der Waals surface area contributed by atoms with Crippen LogP contribution in [0.3, 0.4) is 0 Å². The van der Waals surface area contributed by atoms with Crippen LogP contribution in [0.2, 0.25) is 0 Å². The highest BCUT2D eigenvalue weighted by atomic mass is 15.0. The van der Waals surface area contributed by atoms with Crippen LogP contribution in [-0.4, -0.2) is 12.4 Å². The molecule has 78 valence electrons. The summed E-state index contributed by atoms with van der Waals surface area (Å²) >= 11 is 0. The zero-order valence-electron chi connectivity index (χ0n) is 9.70. The van der Waals surface area contributed by atoms with Gasteiger partial charge in [0.25, 0.3) is 0 Å². The van der Waals surface area contributed by atoms with Crippen LogP contribution in [-0.2, 0) is 6.54 Å². The first kappa shape index (κ1) is 9.53. The fraction of sp³-hybridized carbons (Fsp3) is 0.143. The molecule has 0 aliphatic heterocycles. The standard InChI is InChI=1S/C14H14BN/c1-2-16-13-6-4-3-5-11(13)12-8-7-10(15)9-14(12)16/h3-9H,2,15H2,1H3. The molecule has 0 bridgehead atoms. The molecule has 0 aliphatic carbocycles. The van der Waals surface area contributed by atoms with Crippen LogP contribution in [0.15, 0.2) is 42.5 Å². The van der Waals surface area contributed by atoms with Crippen molar-refractivity contribution in [2.24, 2.45) is 0 Å². The summed E-state index contributed by atoms with van der Waals surface area (Å²) in [7, 11) is 2.15. The summed E-state index contributed by atoms with van der Waals surface area (Å²) in [5, 5.41) is 2.72. The Hall–Kier alpha value is -1.70. The third-order valence-corrected chi connectivity index (χ3v) is 3.25. The van der Waals surface area contributed by atoms with Crippen molar-refractivity contribution in [3.63, 3.8) is 0 Å². The van der Waals surface area contributed by atoms with E-state index in [-0.39, 0.29) is 0 Å². The topological polar surface area (TPSA) is 4.93 Å². The van der Waals surface area contributed by atoms with Gasteiger partial charge in [-0.1, -0.05) is 35.8 Å². The molecule has 0 saturated heterocycles. The van der Waals surface area contributed by atoms with Gasteiger partial charge in [0.2, 0.25) is 0 Å². The molecule has 0 saturated carbocycles. The molecule has 1 nitrogen and oxygen atoms in total. The first-order valence-electron chi connectivity index (χ1n) is 5.79. The predicted molar refractivity (Wildman–Crippen MR) is 73.3 cm³/mol. The van der Waals surface area contributed by atoms with Gasteiger partial charge in [0, 0.05) is 28.4 Å². The highest BCUT2D eigenvalue weighted by Gasteiger charge is 2.07. The number of nitrogens with zero attached hydrogens (tertiary/aromatic N) is 1. The van der Waals surface area contributed by atoms with Crippen molar-refractivity contribution in [3.05, 3.63) is 42.5 Å². The first-order valence-corrected chi connectivity index (χ1v) is 5.79. The van der Waals surface area contributed by atoms with E-state index in [1.807, 2.05) is 0 Å². The first-order chi connectivity index (χ1) is 7.81. The number of benzene rings is 2. The maximum absolute atomic E-state index is 2.39. The molecule has 0 fully saturated rings. The summed E-state index contributed by atoms with van der Waals surface area (Å²) in [4.78, 5) is 0. The number of para-hydroxylation sites is 1. The molecule has 2 aromatic carbocycles. The van der Waals surface area contributed by atoms with E-state index in [1.165, 1.54) is 27.3 Å². The van der Waals surface area contributed by atoms with Crippen LogP contribution in [0.1, 0.15) is 6.92 Å². The molecule has 0 radical (unpaired) electrons. The number of hydrogen-bond donors (Lipinski definition) is 0. The average molecular weight is 207 g/mol. The van der Waals surface area contributed by atoms with Crippen molar-refractivity contribution in [1.29, 1.82) is 0 Å². The number of aromatic nitrogens is 1. The van der Waals surface area contributed by atoms with Gasteiger partial charge in [0.05, 0.1) is 0 Å². The molecule has 3 rings (SSSR count). The van der Waals surface area contributed by atoms with Crippen LogP contribution in [0.4, 0.5) is 0 Å². The number of hydrogen-bond acceptors (Lipinski definition) is 0. The van der Waals surface area contributed by atoms with E-state index in [0.29, 0.717) is 0 Å². The lowest BCUT2D eigenvalue weighted by Gasteiger charge is -2.02. The molecule has 0 spiro atoms. The second kappa shape index (κ2) is 3.41. The summed E-state index contributed by atoms with van der Waals surface area (Å²) in [6.45, 7) is 3.22. The SMILES string of the molecule is Bc1ccc2c3ccccc3n(CC)c2c1. The van der Waals surface area contributed by atoms with Gasteiger partial charge in [-0.25, -0.2) is 0 Å². The van der Waals surface area contributed by atoms with Crippen molar-refractivity contribution in [2.45, 2.75) is 13.5 Å². The Kier molecular flexibility index (Phi) is 2.03. The van der Waals surface area contributed by atoms with E-state index in [0.717, 1.165) is 6.54 Å². The van der Waals surface area contributed by atoms with E-state index in [4.69, 9.17) is 0 Å². The lowest BCUT2D eigenvalue weighted by Crippen LogP contribution is -2.02. The van der Waals surface area contributed by atoms with Gasteiger partial charge in [-0.05, 0) is 19.1 Å². The molecule has 0 unspecified atom stereocenters. The smallest absolute Gasteiger partial charge is 0.139 e. The van der Waals surface area contributed by atoms with Gasteiger partial charge in [0.1, 0.15) is 7.85 Å². The van der Waals surface area contributed by atoms with Gasteiger partial charge >= 0.3 is 0 Å². The Morgan fingerprint density at radius 1 is 1.00 bits per heavy atom. The Labute approximate surface area is 96.1 Å². The molecular weight excluding hydrogens is 193 g/mol. The second-order valence-corrected chi connectivity index (χ2v) is 4.28. The minimum Gasteiger partial charge on any atom is -0.341 e. The van der Waals surface area contributed by atoms with Crippen molar-refractivity contribution in [3.8, 4) is 0 Å². The summed E-state index contributed by atoms with van der Waals surface area (Å²) in [6, 6.07) is 15.3. The Balaban J connectivity index is 2.58. The van der Waals surface area contributed by atoms with Crippen molar-refractivity contribution in [2.75, 3.05) is 0 Å². The summed E-state index contributed by atoms with van der Waals surface area (Å²) < 4.78 is 2.39. The van der Waals surface area contributed by atoms with Crippen LogP contribution in [0, 0.1) is 0 Å². The quantitative estimate of drug-likeness (QED) is 0.538. The molecule has 0 atom stereocenters.